The predicted molar refractivity (Wildman–Crippen MR) is 82.5 cm³/mol. The van der Waals surface area contributed by atoms with E-state index in [0.29, 0.717) is 25.1 Å². The fraction of sp³-hybridized carbons (Fsp3) is 0.250. The van der Waals surface area contributed by atoms with Crippen LogP contribution in [-0.4, -0.2) is 24.9 Å². The molecule has 0 aliphatic carbocycles. The van der Waals surface area contributed by atoms with Gasteiger partial charge in [-0.3, -0.25) is 9.59 Å². The normalized spacial score (nSPS) is 17.0. The molecule has 1 aliphatic rings. The molecule has 3 rings (SSSR count). The molecule has 4 nitrogen and oxygen atoms in total. The van der Waals surface area contributed by atoms with Crippen molar-refractivity contribution in [3.63, 3.8) is 0 Å². The van der Waals surface area contributed by atoms with Crippen molar-refractivity contribution >= 4 is 23.2 Å². The highest BCUT2D eigenvalue weighted by Crippen LogP contribution is 2.23. The zero-order valence-electron chi connectivity index (χ0n) is 11.5. The van der Waals surface area contributed by atoms with E-state index >= 15 is 0 Å². The standard InChI is InChI=1S/C16H16N2O2S/c19-15(8-12-4-3-7-21-12)17-9-11-10-18-16(20)14-6-2-1-5-13(11)14/h1-7,11H,8-10H2,(H,17,19)(H,18,20). The van der Waals surface area contributed by atoms with E-state index in [1.165, 1.54) is 0 Å². The summed E-state index contributed by atoms with van der Waals surface area (Å²) in [5.74, 6) is 0.116. The van der Waals surface area contributed by atoms with Gasteiger partial charge in [0.15, 0.2) is 0 Å². The molecule has 2 N–H and O–H groups in total. The predicted octanol–water partition coefficient (Wildman–Crippen LogP) is 1.93. The Labute approximate surface area is 127 Å². The summed E-state index contributed by atoms with van der Waals surface area (Å²) in [7, 11) is 0. The SMILES string of the molecule is O=C(Cc1cccs1)NCC1CNC(=O)c2ccccc21. The number of benzene rings is 1. The van der Waals surface area contributed by atoms with Gasteiger partial charge in [0.1, 0.15) is 0 Å². The number of hydrogen-bond donors (Lipinski definition) is 2. The zero-order valence-corrected chi connectivity index (χ0v) is 12.3. The second-order valence-corrected chi connectivity index (χ2v) is 6.09. The van der Waals surface area contributed by atoms with Crippen molar-refractivity contribution < 1.29 is 9.59 Å². The van der Waals surface area contributed by atoms with Crippen LogP contribution in [0.4, 0.5) is 0 Å². The first kappa shape index (κ1) is 13.8. The van der Waals surface area contributed by atoms with Crippen LogP contribution >= 0.6 is 11.3 Å². The summed E-state index contributed by atoms with van der Waals surface area (Å²) in [6.45, 7) is 1.11. The second-order valence-electron chi connectivity index (χ2n) is 5.05. The van der Waals surface area contributed by atoms with Crippen LogP contribution in [0, 0.1) is 0 Å². The van der Waals surface area contributed by atoms with Gasteiger partial charge in [-0.15, -0.1) is 11.3 Å². The highest BCUT2D eigenvalue weighted by Gasteiger charge is 2.24. The van der Waals surface area contributed by atoms with Gasteiger partial charge < -0.3 is 10.6 Å². The van der Waals surface area contributed by atoms with Gasteiger partial charge in [-0.05, 0) is 23.1 Å². The Balaban J connectivity index is 1.62. The molecular formula is C16H16N2O2S. The summed E-state index contributed by atoms with van der Waals surface area (Å²) in [4.78, 5) is 24.8. The third kappa shape index (κ3) is 3.13. The van der Waals surface area contributed by atoms with Gasteiger partial charge >= 0.3 is 0 Å². The first-order chi connectivity index (χ1) is 10.2. The van der Waals surface area contributed by atoms with Gasteiger partial charge in [0, 0.05) is 29.4 Å². The number of hydrogen-bond acceptors (Lipinski definition) is 3. The van der Waals surface area contributed by atoms with Crippen LogP contribution in [-0.2, 0) is 11.2 Å². The lowest BCUT2D eigenvalue weighted by molar-refractivity contribution is -0.120. The van der Waals surface area contributed by atoms with Crippen molar-refractivity contribution in [1.82, 2.24) is 10.6 Å². The molecule has 0 saturated carbocycles. The number of thiophene rings is 1. The summed E-state index contributed by atoms with van der Waals surface area (Å²) in [6.07, 6.45) is 0.415. The minimum Gasteiger partial charge on any atom is -0.355 e. The van der Waals surface area contributed by atoms with Gasteiger partial charge in [-0.25, -0.2) is 0 Å². The van der Waals surface area contributed by atoms with Crippen LogP contribution in [0.15, 0.2) is 41.8 Å². The van der Waals surface area contributed by atoms with Crippen molar-refractivity contribution in [2.45, 2.75) is 12.3 Å². The molecule has 1 unspecified atom stereocenters. The summed E-state index contributed by atoms with van der Waals surface area (Å²) < 4.78 is 0. The highest BCUT2D eigenvalue weighted by atomic mass is 32.1. The molecule has 0 saturated heterocycles. The third-order valence-corrected chi connectivity index (χ3v) is 4.49. The average molecular weight is 300 g/mol. The molecule has 1 aromatic carbocycles. The minimum absolute atomic E-state index is 0.0202. The molecule has 0 radical (unpaired) electrons. The van der Waals surface area contributed by atoms with E-state index in [4.69, 9.17) is 0 Å². The fourth-order valence-electron chi connectivity index (χ4n) is 2.53. The number of carbonyl (C=O) groups excluding carboxylic acids is 2. The first-order valence-corrected chi connectivity index (χ1v) is 7.78. The van der Waals surface area contributed by atoms with E-state index in [0.717, 1.165) is 10.4 Å². The average Bonchev–Trinajstić information content (AvgIpc) is 3.00. The molecule has 1 aromatic heterocycles. The maximum Gasteiger partial charge on any atom is 0.251 e. The summed E-state index contributed by atoms with van der Waals surface area (Å²) >= 11 is 1.58. The molecule has 2 aromatic rings. The fourth-order valence-corrected chi connectivity index (χ4v) is 3.24. The molecule has 0 fully saturated rings. The van der Waals surface area contributed by atoms with E-state index in [1.807, 2.05) is 41.8 Å². The molecule has 108 valence electrons. The molecule has 1 atom stereocenters. The molecule has 1 aliphatic heterocycles. The monoisotopic (exact) mass is 300 g/mol. The lowest BCUT2D eigenvalue weighted by atomic mass is 9.90. The van der Waals surface area contributed by atoms with Crippen LogP contribution in [0.3, 0.4) is 0 Å². The molecule has 5 heteroatoms. The molecular weight excluding hydrogens is 284 g/mol. The van der Waals surface area contributed by atoms with Crippen molar-refractivity contribution in [1.29, 1.82) is 0 Å². The van der Waals surface area contributed by atoms with E-state index in [-0.39, 0.29) is 17.7 Å². The number of nitrogens with one attached hydrogen (secondary N) is 2. The lowest BCUT2D eigenvalue weighted by Gasteiger charge is -2.25. The molecule has 2 heterocycles. The Kier molecular flexibility index (Phi) is 4.01. The Morgan fingerprint density at radius 3 is 2.95 bits per heavy atom. The van der Waals surface area contributed by atoms with Gasteiger partial charge in [0.25, 0.3) is 5.91 Å². The van der Waals surface area contributed by atoms with Crippen molar-refractivity contribution in [3.8, 4) is 0 Å². The smallest absolute Gasteiger partial charge is 0.251 e. The van der Waals surface area contributed by atoms with Gasteiger partial charge in [0.05, 0.1) is 6.42 Å². The molecule has 21 heavy (non-hydrogen) atoms. The number of rotatable bonds is 4. The third-order valence-electron chi connectivity index (χ3n) is 3.61. The Morgan fingerprint density at radius 1 is 1.29 bits per heavy atom. The molecule has 2 amide bonds. The number of amides is 2. The van der Waals surface area contributed by atoms with Crippen LogP contribution in [0.25, 0.3) is 0 Å². The van der Waals surface area contributed by atoms with Crippen molar-refractivity contribution in [2.75, 3.05) is 13.1 Å². The Bertz CT molecular complexity index is 652. The number of carbonyl (C=O) groups is 2. The van der Waals surface area contributed by atoms with E-state index in [9.17, 15) is 9.59 Å². The largest absolute Gasteiger partial charge is 0.355 e. The maximum absolute atomic E-state index is 11.9. The van der Waals surface area contributed by atoms with Crippen molar-refractivity contribution in [2.24, 2.45) is 0 Å². The van der Waals surface area contributed by atoms with Crippen LogP contribution in [0.5, 0.6) is 0 Å². The van der Waals surface area contributed by atoms with E-state index < -0.39 is 0 Å². The lowest BCUT2D eigenvalue weighted by Crippen LogP contribution is -2.40. The summed E-state index contributed by atoms with van der Waals surface area (Å²) in [5, 5.41) is 7.80. The van der Waals surface area contributed by atoms with E-state index in [2.05, 4.69) is 10.6 Å². The number of fused-ring (bicyclic) bond motifs is 1. The molecule has 0 spiro atoms. The quantitative estimate of drug-likeness (QED) is 0.906. The second kappa shape index (κ2) is 6.10. The van der Waals surface area contributed by atoms with Gasteiger partial charge in [-0.1, -0.05) is 24.3 Å². The van der Waals surface area contributed by atoms with Crippen LogP contribution < -0.4 is 10.6 Å². The van der Waals surface area contributed by atoms with Crippen LogP contribution in [0.2, 0.25) is 0 Å². The Morgan fingerprint density at radius 2 is 2.14 bits per heavy atom. The highest BCUT2D eigenvalue weighted by molar-refractivity contribution is 7.10. The summed E-state index contributed by atoms with van der Waals surface area (Å²) in [6, 6.07) is 11.5. The molecule has 0 bridgehead atoms. The minimum atomic E-state index is -0.0354. The van der Waals surface area contributed by atoms with Crippen molar-refractivity contribution in [3.05, 3.63) is 57.8 Å². The van der Waals surface area contributed by atoms with Gasteiger partial charge in [-0.2, -0.15) is 0 Å². The maximum atomic E-state index is 11.9. The topological polar surface area (TPSA) is 58.2 Å². The Hall–Kier alpha value is -2.14. The van der Waals surface area contributed by atoms with Crippen LogP contribution in [0.1, 0.15) is 26.7 Å². The summed E-state index contributed by atoms with van der Waals surface area (Å²) in [5.41, 5.74) is 1.72. The van der Waals surface area contributed by atoms with E-state index in [1.54, 1.807) is 11.3 Å². The zero-order chi connectivity index (χ0) is 14.7. The van der Waals surface area contributed by atoms with Gasteiger partial charge in [0.2, 0.25) is 5.91 Å². The first-order valence-electron chi connectivity index (χ1n) is 6.90.